The Hall–Kier alpha value is -1.42. The van der Waals surface area contributed by atoms with Crippen LogP contribution in [0.1, 0.15) is 58.2 Å². The van der Waals surface area contributed by atoms with Gasteiger partial charge in [0.2, 0.25) is 0 Å². The summed E-state index contributed by atoms with van der Waals surface area (Å²) in [5, 5.41) is 13.6. The lowest BCUT2D eigenvalue weighted by molar-refractivity contribution is -0.116. The molecular weight excluding hydrogens is 306 g/mol. The molecule has 1 aliphatic rings. The number of amides is 1. The SMILES string of the molecule is CC(C)(C)c1cc(C=C2SCCNC2=O)cc(C(C)(C)C)c1O. The lowest BCUT2D eigenvalue weighted by atomic mass is 9.78. The number of hydrogen-bond acceptors (Lipinski definition) is 3. The minimum Gasteiger partial charge on any atom is -0.507 e. The molecule has 1 amide bonds. The predicted molar refractivity (Wildman–Crippen MR) is 99.0 cm³/mol. The largest absolute Gasteiger partial charge is 0.507 e. The first-order valence-electron chi connectivity index (χ1n) is 8.01. The van der Waals surface area contributed by atoms with Gasteiger partial charge in [-0.15, -0.1) is 11.8 Å². The number of nitrogens with one attached hydrogen (secondary N) is 1. The third kappa shape index (κ3) is 4.11. The van der Waals surface area contributed by atoms with E-state index in [0.29, 0.717) is 5.75 Å². The fourth-order valence-corrected chi connectivity index (χ4v) is 3.47. The van der Waals surface area contributed by atoms with E-state index in [1.807, 2.05) is 18.2 Å². The van der Waals surface area contributed by atoms with Gasteiger partial charge < -0.3 is 10.4 Å². The molecule has 2 N–H and O–H groups in total. The van der Waals surface area contributed by atoms with E-state index in [4.69, 9.17) is 0 Å². The molecule has 1 aliphatic heterocycles. The smallest absolute Gasteiger partial charge is 0.257 e. The highest BCUT2D eigenvalue weighted by atomic mass is 32.2. The maximum Gasteiger partial charge on any atom is 0.257 e. The molecule has 0 saturated carbocycles. The second-order valence-corrected chi connectivity index (χ2v) is 9.21. The average molecular weight is 333 g/mol. The highest BCUT2D eigenvalue weighted by Crippen LogP contribution is 2.40. The van der Waals surface area contributed by atoms with Gasteiger partial charge in [-0.2, -0.15) is 0 Å². The van der Waals surface area contributed by atoms with Crippen LogP contribution in [0.25, 0.3) is 6.08 Å². The molecule has 0 aromatic heterocycles. The standard InChI is InChI=1S/C19H27NO2S/c1-18(2,3)13-9-12(10-14(16(13)21)19(4,5)6)11-15-17(22)20-7-8-23-15/h9-11,21H,7-8H2,1-6H3,(H,20,22). The summed E-state index contributed by atoms with van der Waals surface area (Å²) in [6, 6.07) is 4.00. The van der Waals surface area contributed by atoms with Crippen molar-refractivity contribution < 1.29 is 9.90 Å². The number of aromatic hydroxyl groups is 1. The number of phenolic OH excluding ortho intramolecular Hbond substituents is 1. The van der Waals surface area contributed by atoms with Crippen molar-refractivity contribution in [2.24, 2.45) is 0 Å². The molecular formula is C19H27NO2S. The molecule has 23 heavy (non-hydrogen) atoms. The predicted octanol–water partition coefficient (Wildman–Crippen LogP) is 4.19. The van der Waals surface area contributed by atoms with Crippen LogP contribution in [-0.2, 0) is 15.6 Å². The van der Waals surface area contributed by atoms with Crippen molar-refractivity contribution in [1.29, 1.82) is 0 Å². The molecule has 0 spiro atoms. The minimum atomic E-state index is -0.166. The van der Waals surface area contributed by atoms with Crippen molar-refractivity contribution in [2.75, 3.05) is 12.3 Å². The quantitative estimate of drug-likeness (QED) is 0.758. The zero-order valence-electron chi connectivity index (χ0n) is 14.9. The molecule has 0 atom stereocenters. The summed E-state index contributed by atoms with van der Waals surface area (Å²) in [5.41, 5.74) is 2.47. The monoisotopic (exact) mass is 333 g/mol. The number of rotatable bonds is 1. The molecule has 126 valence electrons. The van der Waals surface area contributed by atoms with E-state index in [2.05, 4.69) is 46.9 Å². The fourth-order valence-electron chi connectivity index (χ4n) is 2.62. The molecule has 0 unspecified atom stereocenters. The average Bonchev–Trinajstić information content (AvgIpc) is 2.40. The first-order chi connectivity index (χ1) is 10.5. The van der Waals surface area contributed by atoms with Gasteiger partial charge in [0.25, 0.3) is 5.91 Å². The van der Waals surface area contributed by atoms with E-state index < -0.39 is 0 Å². The van der Waals surface area contributed by atoms with E-state index in [1.54, 1.807) is 11.8 Å². The minimum absolute atomic E-state index is 0.0102. The molecule has 3 nitrogen and oxygen atoms in total. The Morgan fingerprint density at radius 3 is 2.04 bits per heavy atom. The summed E-state index contributed by atoms with van der Waals surface area (Å²) in [7, 11) is 0. The van der Waals surface area contributed by atoms with Crippen molar-refractivity contribution in [2.45, 2.75) is 52.4 Å². The van der Waals surface area contributed by atoms with Gasteiger partial charge in [0, 0.05) is 23.4 Å². The fraction of sp³-hybridized carbons (Fsp3) is 0.526. The normalized spacial score (nSPS) is 18.2. The van der Waals surface area contributed by atoms with E-state index in [9.17, 15) is 9.90 Å². The van der Waals surface area contributed by atoms with Crippen LogP contribution in [0.4, 0.5) is 0 Å². The van der Waals surface area contributed by atoms with Gasteiger partial charge >= 0.3 is 0 Å². The van der Waals surface area contributed by atoms with E-state index in [1.165, 1.54) is 0 Å². The van der Waals surface area contributed by atoms with Gasteiger partial charge in [-0.1, -0.05) is 41.5 Å². The summed E-state index contributed by atoms with van der Waals surface area (Å²) in [5.74, 6) is 1.25. The topological polar surface area (TPSA) is 49.3 Å². The highest BCUT2D eigenvalue weighted by Gasteiger charge is 2.26. The molecule has 2 rings (SSSR count). The number of thioether (sulfide) groups is 1. The second-order valence-electron chi connectivity index (χ2n) is 8.08. The third-order valence-electron chi connectivity index (χ3n) is 3.92. The third-order valence-corrected chi connectivity index (χ3v) is 4.94. The summed E-state index contributed by atoms with van der Waals surface area (Å²) < 4.78 is 0. The molecule has 1 aromatic carbocycles. The molecule has 1 aromatic rings. The van der Waals surface area contributed by atoms with Gasteiger partial charge in [0.1, 0.15) is 5.75 Å². The molecule has 0 aliphatic carbocycles. The number of carbonyl (C=O) groups is 1. The van der Waals surface area contributed by atoms with Crippen molar-refractivity contribution in [3.05, 3.63) is 33.7 Å². The Morgan fingerprint density at radius 2 is 1.61 bits per heavy atom. The molecule has 1 heterocycles. The van der Waals surface area contributed by atoms with Crippen LogP contribution in [0.5, 0.6) is 5.75 Å². The van der Waals surface area contributed by atoms with Crippen LogP contribution in [0, 0.1) is 0 Å². The van der Waals surface area contributed by atoms with Crippen molar-refractivity contribution in [3.63, 3.8) is 0 Å². The van der Waals surface area contributed by atoms with Gasteiger partial charge in [0.15, 0.2) is 0 Å². The van der Waals surface area contributed by atoms with Gasteiger partial charge in [0.05, 0.1) is 4.91 Å². The lowest BCUT2D eigenvalue weighted by Gasteiger charge is -2.28. The van der Waals surface area contributed by atoms with Crippen LogP contribution in [0.2, 0.25) is 0 Å². The van der Waals surface area contributed by atoms with Crippen LogP contribution in [0.3, 0.4) is 0 Å². The Kier molecular flexibility index (Phi) is 4.86. The Balaban J connectivity index is 2.60. The maximum atomic E-state index is 12.0. The van der Waals surface area contributed by atoms with E-state index in [-0.39, 0.29) is 16.7 Å². The summed E-state index contributed by atoms with van der Waals surface area (Å²) in [6.45, 7) is 13.3. The number of carbonyl (C=O) groups excluding carboxylic acids is 1. The summed E-state index contributed by atoms with van der Waals surface area (Å²) in [4.78, 5) is 12.7. The zero-order valence-corrected chi connectivity index (χ0v) is 15.7. The molecule has 4 heteroatoms. The van der Waals surface area contributed by atoms with Gasteiger partial charge in [-0.25, -0.2) is 0 Å². The number of benzene rings is 1. The molecule has 0 bridgehead atoms. The number of hydrogen-bond donors (Lipinski definition) is 2. The highest BCUT2D eigenvalue weighted by molar-refractivity contribution is 8.04. The Bertz CT molecular complexity index is 613. The molecule has 1 fully saturated rings. The van der Waals surface area contributed by atoms with E-state index in [0.717, 1.165) is 33.9 Å². The Labute approximate surface area is 143 Å². The van der Waals surface area contributed by atoms with Gasteiger partial charge in [-0.3, -0.25) is 4.79 Å². The van der Waals surface area contributed by atoms with Crippen LogP contribution in [-0.4, -0.2) is 23.3 Å². The zero-order chi connectivity index (χ0) is 17.4. The van der Waals surface area contributed by atoms with Crippen molar-refractivity contribution in [3.8, 4) is 5.75 Å². The first-order valence-corrected chi connectivity index (χ1v) is 8.99. The van der Waals surface area contributed by atoms with Crippen molar-refractivity contribution >= 4 is 23.7 Å². The van der Waals surface area contributed by atoms with Crippen LogP contribution < -0.4 is 5.32 Å². The number of phenols is 1. The molecule has 1 saturated heterocycles. The lowest BCUT2D eigenvalue weighted by Crippen LogP contribution is -2.30. The van der Waals surface area contributed by atoms with Gasteiger partial charge in [-0.05, 0) is 34.6 Å². The van der Waals surface area contributed by atoms with Crippen molar-refractivity contribution in [1.82, 2.24) is 5.32 Å². The second kappa shape index (κ2) is 6.23. The van der Waals surface area contributed by atoms with Crippen LogP contribution in [0.15, 0.2) is 17.0 Å². The molecule has 0 radical (unpaired) electrons. The summed E-state index contributed by atoms with van der Waals surface area (Å²) in [6.07, 6.45) is 1.93. The maximum absolute atomic E-state index is 12.0. The Morgan fingerprint density at radius 1 is 1.09 bits per heavy atom. The summed E-state index contributed by atoms with van der Waals surface area (Å²) >= 11 is 1.58. The first kappa shape index (κ1) is 17.9. The van der Waals surface area contributed by atoms with E-state index >= 15 is 0 Å². The van der Waals surface area contributed by atoms with Crippen LogP contribution >= 0.6 is 11.8 Å².